The van der Waals surface area contributed by atoms with E-state index in [-0.39, 0.29) is 5.78 Å². The van der Waals surface area contributed by atoms with Crippen LogP contribution in [-0.2, 0) is 4.79 Å². The molecular formula is C7H12O2. The zero-order chi connectivity index (χ0) is 6.85. The summed E-state index contributed by atoms with van der Waals surface area (Å²) in [5, 5.41) is 9.00. The van der Waals surface area contributed by atoms with Crippen LogP contribution in [0.15, 0.2) is 0 Å². The van der Waals surface area contributed by atoms with Crippen LogP contribution in [-0.4, -0.2) is 17.0 Å². The lowest BCUT2D eigenvalue weighted by molar-refractivity contribution is -0.130. The number of hydrogen-bond donors (Lipinski definition) is 1. The predicted molar refractivity (Wildman–Crippen MR) is 34.0 cm³/mol. The van der Waals surface area contributed by atoms with E-state index in [0.29, 0.717) is 18.8 Å². The number of carbonyl (C=O) groups excluding carboxylic acids is 1. The van der Waals surface area contributed by atoms with Gasteiger partial charge in [0.25, 0.3) is 0 Å². The highest BCUT2D eigenvalue weighted by atomic mass is 16.3. The van der Waals surface area contributed by atoms with Gasteiger partial charge in [0.05, 0.1) is 0 Å². The third kappa shape index (κ3) is 1.52. The van der Waals surface area contributed by atoms with Crippen LogP contribution >= 0.6 is 0 Å². The van der Waals surface area contributed by atoms with Gasteiger partial charge in [0, 0.05) is 6.42 Å². The molecule has 0 aromatic rings. The monoisotopic (exact) mass is 128 g/mol. The zero-order valence-electron chi connectivity index (χ0n) is 5.63. The fourth-order valence-electron chi connectivity index (χ4n) is 1.19. The van der Waals surface area contributed by atoms with Crippen molar-refractivity contribution in [2.75, 3.05) is 0 Å². The second-order valence-corrected chi connectivity index (χ2v) is 2.86. The molecule has 0 radical (unpaired) electrons. The largest absolute Gasteiger partial charge is 0.385 e. The Labute approximate surface area is 54.9 Å². The number of aliphatic hydroxyl groups is 1. The normalized spacial score (nSPS) is 36.9. The van der Waals surface area contributed by atoms with Crippen LogP contribution in [0.2, 0.25) is 0 Å². The highest BCUT2D eigenvalue weighted by Crippen LogP contribution is 2.20. The van der Waals surface area contributed by atoms with Crippen LogP contribution in [0.5, 0.6) is 0 Å². The topological polar surface area (TPSA) is 37.3 Å². The molecule has 2 heteroatoms. The second-order valence-electron chi connectivity index (χ2n) is 2.86. The number of aliphatic hydroxyl groups excluding tert-OH is 1. The molecule has 0 heterocycles. The molecule has 0 aliphatic heterocycles. The highest BCUT2D eigenvalue weighted by molar-refractivity contribution is 5.83. The van der Waals surface area contributed by atoms with Crippen molar-refractivity contribution >= 4 is 5.78 Å². The highest BCUT2D eigenvalue weighted by Gasteiger charge is 2.23. The first kappa shape index (κ1) is 6.75. The smallest absolute Gasteiger partial charge is 0.161 e. The van der Waals surface area contributed by atoms with E-state index in [4.69, 9.17) is 5.11 Å². The summed E-state index contributed by atoms with van der Waals surface area (Å²) in [4.78, 5) is 10.7. The molecule has 0 saturated heterocycles. The molecular weight excluding hydrogens is 116 g/mol. The molecule has 52 valence electrons. The molecule has 1 aliphatic carbocycles. The molecule has 0 aromatic carbocycles. The maximum atomic E-state index is 10.7. The number of rotatable bonds is 0. The Morgan fingerprint density at radius 3 is 2.78 bits per heavy atom. The van der Waals surface area contributed by atoms with Crippen LogP contribution in [0.1, 0.15) is 26.2 Å². The quantitative estimate of drug-likeness (QED) is 0.522. The average molecular weight is 128 g/mol. The summed E-state index contributed by atoms with van der Waals surface area (Å²) in [6.45, 7) is 2.07. The fraction of sp³-hybridized carbons (Fsp3) is 0.857. The fourth-order valence-corrected chi connectivity index (χ4v) is 1.19. The van der Waals surface area contributed by atoms with E-state index in [1.807, 2.05) is 0 Å². The predicted octanol–water partition coefficient (Wildman–Crippen LogP) is 0.736. The van der Waals surface area contributed by atoms with Gasteiger partial charge in [0.2, 0.25) is 0 Å². The minimum Gasteiger partial charge on any atom is -0.385 e. The molecule has 1 saturated carbocycles. The van der Waals surface area contributed by atoms with Gasteiger partial charge < -0.3 is 5.11 Å². The summed E-state index contributed by atoms with van der Waals surface area (Å²) in [6.07, 6.45) is 1.53. The van der Waals surface area contributed by atoms with Gasteiger partial charge in [0.15, 0.2) is 5.78 Å². The molecule has 0 bridgehead atoms. The molecule has 0 spiro atoms. The first-order valence-corrected chi connectivity index (χ1v) is 3.41. The molecule has 1 N–H and O–H groups in total. The van der Waals surface area contributed by atoms with Crippen molar-refractivity contribution in [3.8, 4) is 0 Å². The van der Waals surface area contributed by atoms with Crippen molar-refractivity contribution in [2.45, 2.75) is 32.3 Å². The maximum Gasteiger partial charge on any atom is 0.161 e. The Bertz CT molecular complexity index is 120. The zero-order valence-corrected chi connectivity index (χ0v) is 5.63. The molecule has 1 aliphatic rings. The van der Waals surface area contributed by atoms with Crippen molar-refractivity contribution in [2.24, 2.45) is 5.92 Å². The molecule has 2 nitrogen and oxygen atoms in total. The van der Waals surface area contributed by atoms with Crippen molar-refractivity contribution < 1.29 is 9.90 Å². The number of Topliss-reactive ketones (excluding diaryl/α,β-unsaturated/α-hetero) is 1. The second kappa shape index (κ2) is 2.48. The first-order valence-electron chi connectivity index (χ1n) is 3.41. The van der Waals surface area contributed by atoms with Gasteiger partial charge in [0.1, 0.15) is 6.10 Å². The van der Waals surface area contributed by atoms with E-state index in [1.54, 1.807) is 0 Å². The molecule has 2 atom stereocenters. The molecule has 2 unspecified atom stereocenters. The molecule has 1 rings (SSSR count). The van der Waals surface area contributed by atoms with Crippen LogP contribution < -0.4 is 0 Å². The average Bonchev–Trinajstić information content (AvgIpc) is 1.80. The van der Waals surface area contributed by atoms with E-state index in [9.17, 15) is 4.79 Å². The van der Waals surface area contributed by atoms with Gasteiger partial charge in [-0.05, 0) is 18.8 Å². The molecule has 1 fully saturated rings. The van der Waals surface area contributed by atoms with Crippen molar-refractivity contribution in [3.05, 3.63) is 0 Å². The van der Waals surface area contributed by atoms with Gasteiger partial charge in [-0.1, -0.05) is 6.92 Å². The van der Waals surface area contributed by atoms with E-state index in [2.05, 4.69) is 6.92 Å². The lowest BCUT2D eigenvalue weighted by Gasteiger charge is -2.20. The Morgan fingerprint density at radius 2 is 2.33 bits per heavy atom. The van der Waals surface area contributed by atoms with Crippen LogP contribution in [0.4, 0.5) is 0 Å². The van der Waals surface area contributed by atoms with E-state index < -0.39 is 6.10 Å². The number of hydrogen-bond acceptors (Lipinski definition) is 2. The van der Waals surface area contributed by atoms with Gasteiger partial charge >= 0.3 is 0 Å². The summed E-state index contributed by atoms with van der Waals surface area (Å²) in [5.41, 5.74) is 0. The Balaban J connectivity index is 2.44. The van der Waals surface area contributed by atoms with Gasteiger partial charge in [-0.3, -0.25) is 4.79 Å². The van der Waals surface area contributed by atoms with Gasteiger partial charge in [-0.25, -0.2) is 0 Å². The summed E-state index contributed by atoms with van der Waals surface area (Å²) in [6, 6.07) is 0. The third-order valence-electron chi connectivity index (χ3n) is 1.88. The Hall–Kier alpha value is -0.370. The van der Waals surface area contributed by atoms with E-state index in [1.165, 1.54) is 0 Å². The summed E-state index contributed by atoms with van der Waals surface area (Å²) < 4.78 is 0. The lowest BCUT2D eigenvalue weighted by atomic mass is 9.88. The van der Waals surface area contributed by atoms with Gasteiger partial charge in [-0.15, -0.1) is 0 Å². The summed E-state index contributed by atoms with van der Waals surface area (Å²) >= 11 is 0. The van der Waals surface area contributed by atoms with Crippen molar-refractivity contribution in [1.82, 2.24) is 0 Å². The molecule has 9 heavy (non-hydrogen) atoms. The third-order valence-corrected chi connectivity index (χ3v) is 1.88. The molecule has 0 aromatic heterocycles. The van der Waals surface area contributed by atoms with Gasteiger partial charge in [-0.2, -0.15) is 0 Å². The standard InChI is InChI=1S/C7H12O2/c1-5-2-3-6(8)7(9)4-5/h5,7,9H,2-4H2,1H3. The van der Waals surface area contributed by atoms with E-state index >= 15 is 0 Å². The molecule has 0 amide bonds. The Kier molecular flexibility index (Phi) is 1.86. The summed E-state index contributed by atoms with van der Waals surface area (Å²) in [5.74, 6) is 0.547. The van der Waals surface area contributed by atoms with Crippen molar-refractivity contribution in [3.63, 3.8) is 0 Å². The minimum absolute atomic E-state index is 0.0214. The van der Waals surface area contributed by atoms with Crippen LogP contribution in [0, 0.1) is 5.92 Å². The SMILES string of the molecule is CC1CCC(=O)C(O)C1. The minimum atomic E-state index is -0.659. The number of ketones is 1. The summed E-state index contributed by atoms with van der Waals surface area (Å²) in [7, 11) is 0. The van der Waals surface area contributed by atoms with Crippen molar-refractivity contribution in [1.29, 1.82) is 0 Å². The van der Waals surface area contributed by atoms with Crippen LogP contribution in [0.3, 0.4) is 0 Å². The van der Waals surface area contributed by atoms with E-state index in [0.717, 1.165) is 6.42 Å². The Morgan fingerprint density at radius 1 is 1.67 bits per heavy atom. The first-order chi connectivity index (χ1) is 4.20. The lowest BCUT2D eigenvalue weighted by Crippen LogP contribution is -2.27. The van der Waals surface area contributed by atoms with Crippen LogP contribution in [0.25, 0.3) is 0 Å². The number of carbonyl (C=O) groups is 1. The maximum absolute atomic E-state index is 10.7.